The molecule has 0 saturated carbocycles. The number of fused-ring (bicyclic) bond motifs is 1. The molecular weight excluding hydrogens is 410 g/mol. The molecule has 0 aliphatic heterocycles. The zero-order chi connectivity index (χ0) is 21.8. The van der Waals surface area contributed by atoms with E-state index < -0.39 is 6.04 Å². The van der Waals surface area contributed by atoms with Gasteiger partial charge >= 0.3 is 0 Å². The van der Waals surface area contributed by atoms with E-state index in [1.165, 1.54) is 0 Å². The molecule has 1 unspecified atom stereocenters. The van der Waals surface area contributed by atoms with Crippen LogP contribution in [0.2, 0.25) is 5.02 Å². The molecule has 1 amide bonds. The van der Waals surface area contributed by atoms with Crippen LogP contribution in [0.25, 0.3) is 10.9 Å². The van der Waals surface area contributed by atoms with Gasteiger partial charge in [-0.05, 0) is 29.3 Å². The maximum Gasteiger partial charge on any atom is 0.237 e. The number of benzene rings is 3. The van der Waals surface area contributed by atoms with Crippen molar-refractivity contribution in [3.05, 3.63) is 107 Å². The third kappa shape index (κ3) is 4.24. The molecule has 5 nitrogen and oxygen atoms in total. The number of phenols is 1. The maximum atomic E-state index is 13.0. The van der Waals surface area contributed by atoms with Crippen LogP contribution in [0.15, 0.2) is 85.1 Å². The summed E-state index contributed by atoms with van der Waals surface area (Å²) >= 11 is 6.56. The Morgan fingerprint density at radius 2 is 1.71 bits per heavy atom. The summed E-state index contributed by atoms with van der Waals surface area (Å²) in [4.78, 5) is 19.0. The first-order valence-electron chi connectivity index (χ1n) is 9.94. The van der Waals surface area contributed by atoms with Gasteiger partial charge in [0.1, 0.15) is 11.3 Å². The van der Waals surface area contributed by atoms with E-state index in [1.54, 1.807) is 29.3 Å². The third-order valence-electron chi connectivity index (χ3n) is 5.26. The summed E-state index contributed by atoms with van der Waals surface area (Å²) in [6, 6.07) is 23.9. The van der Waals surface area contributed by atoms with Crippen LogP contribution in [-0.4, -0.2) is 27.4 Å². The van der Waals surface area contributed by atoms with Crippen molar-refractivity contribution in [1.29, 1.82) is 0 Å². The third-order valence-corrected chi connectivity index (χ3v) is 5.57. The van der Waals surface area contributed by atoms with Crippen LogP contribution < -0.4 is 5.73 Å². The van der Waals surface area contributed by atoms with Crippen molar-refractivity contribution in [2.75, 3.05) is 6.54 Å². The maximum absolute atomic E-state index is 13.0. The van der Waals surface area contributed by atoms with Gasteiger partial charge in [-0.15, -0.1) is 0 Å². The lowest BCUT2D eigenvalue weighted by molar-refractivity contribution is -0.132. The van der Waals surface area contributed by atoms with Gasteiger partial charge in [0.2, 0.25) is 5.91 Å². The molecule has 1 aromatic heterocycles. The molecule has 4 rings (SSSR count). The average molecular weight is 432 g/mol. The topological polar surface area (TPSA) is 79.5 Å². The Morgan fingerprint density at radius 3 is 2.39 bits per heavy atom. The van der Waals surface area contributed by atoms with Crippen molar-refractivity contribution in [3.8, 4) is 5.75 Å². The number of carbonyl (C=O) groups is 1. The van der Waals surface area contributed by atoms with Crippen LogP contribution in [0.5, 0.6) is 5.75 Å². The van der Waals surface area contributed by atoms with Crippen molar-refractivity contribution in [2.45, 2.75) is 12.6 Å². The predicted molar refractivity (Wildman–Crippen MR) is 123 cm³/mol. The predicted octanol–water partition coefficient (Wildman–Crippen LogP) is 4.67. The number of aromatic hydroxyl groups is 1. The fraction of sp³-hybridized carbons (Fsp3) is 0.120. The van der Waals surface area contributed by atoms with E-state index >= 15 is 0 Å². The molecule has 1 heterocycles. The molecule has 0 aliphatic carbocycles. The number of carbonyl (C=O) groups excluding carboxylic acids is 1. The molecule has 0 aliphatic rings. The lowest BCUT2D eigenvalue weighted by Gasteiger charge is -2.33. The Balaban J connectivity index is 1.93. The minimum atomic E-state index is -0.596. The summed E-state index contributed by atoms with van der Waals surface area (Å²) in [7, 11) is 0. The van der Waals surface area contributed by atoms with E-state index in [-0.39, 0.29) is 18.2 Å². The zero-order valence-electron chi connectivity index (χ0n) is 16.8. The van der Waals surface area contributed by atoms with Gasteiger partial charge in [0, 0.05) is 23.7 Å². The molecule has 0 bridgehead atoms. The Hall–Kier alpha value is -3.41. The fourth-order valence-corrected chi connectivity index (χ4v) is 4.07. The highest BCUT2D eigenvalue weighted by Gasteiger charge is 2.30. The number of halogens is 1. The molecule has 0 spiro atoms. The van der Waals surface area contributed by atoms with Gasteiger partial charge in [0.25, 0.3) is 0 Å². The van der Waals surface area contributed by atoms with Crippen molar-refractivity contribution < 1.29 is 9.90 Å². The molecule has 3 N–H and O–H groups in total. The standard InChI is InChI=1S/C25H22ClN3O2/c26-21-14-20(25(31)23-19(21)12-7-13-28-23)24(18-10-5-2-6-11-18)29(22(30)15-27)16-17-8-3-1-4-9-17/h1-14,24,31H,15-16,27H2. The van der Waals surface area contributed by atoms with Gasteiger partial charge < -0.3 is 15.7 Å². The highest BCUT2D eigenvalue weighted by molar-refractivity contribution is 6.35. The molecule has 156 valence electrons. The Kier molecular flexibility index (Phi) is 6.16. The SMILES string of the molecule is NCC(=O)N(Cc1ccccc1)C(c1ccccc1)c1cc(Cl)c2cccnc2c1O. The second-order valence-corrected chi connectivity index (χ2v) is 7.63. The smallest absolute Gasteiger partial charge is 0.237 e. The van der Waals surface area contributed by atoms with E-state index in [4.69, 9.17) is 17.3 Å². The molecule has 31 heavy (non-hydrogen) atoms. The number of nitrogens with zero attached hydrogens (tertiary/aromatic N) is 2. The number of amides is 1. The highest BCUT2D eigenvalue weighted by Crippen LogP contribution is 2.41. The van der Waals surface area contributed by atoms with Gasteiger partial charge in [-0.3, -0.25) is 9.78 Å². The van der Waals surface area contributed by atoms with E-state index in [0.717, 1.165) is 11.1 Å². The van der Waals surface area contributed by atoms with Gasteiger partial charge in [-0.25, -0.2) is 0 Å². The first-order valence-corrected chi connectivity index (χ1v) is 10.3. The second kappa shape index (κ2) is 9.16. The molecule has 0 fully saturated rings. The molecule has 6 heteroatoms. The number of phenolic OH excluding ortho intramolecular Hbond substituents is 1. The van der Waals surface area contributed by atoms with Crippen LogP contribution >= 0.6 is 11.6 Å². The highest BCUT2D eigenvalue weighted by atomic mass is 35.5. The van der Waals surface area contributed by atoms with Crippen LogP contribution in [0.3, 0.4) is 0 Å². The largest absolute Gasteiger partial charge is 0.505 e. The number of pyridine rings is 1. The van der Waals surface area contributed by atoms with Gasteiger partial charge in [0.15, 0.2) is 0 Å². The monoisotopic (exact) mass is 431 g/mol. The molecule has 1 atom stereocenters. The van der Waals surface area contributed by atoms with E-state index in [9.17, 15) is 9.90 Å². The Morgan fingerprint density at radius 1 is 1.03 bits per heavy atom. The molecule has 3 aromatic carbocycles. The first-order chi connectivity index (χ1) is 15.1. The van der Waals surface area contributed by atoms with E-state index in [2.05, 4.69) is 4.98 Å². The molecule has 4 aromatic rings. The molecular formula is C25H22ClN3O2. The quantitative estimate of drug-likeness (QED) is 0.465. The lowest BCUT2D eigenvalue weighted by atomic mass is 9.94. The number of hydrogen-bond donors (Lipinski definition) is 2. The molecule has 0 radical (unpaired) electrons. The minimum Gasteiger partial charge on any atom is -0.505 e. The summed E-state index contributed by atoms with van der Waals surface area (Å²) < 4.78 is 0. The number of nitrogens with two attached hydrogens (primary N) is 1. The Bertz CT molecular complexity index is 1200. The summed E-state index contributed by atoms with van der Waals surface area (Å²) in [6.07, 6.45) is 1.60. The van der Waals surface area contributed by atoms with Crippen molar-refractivity contribution in [1.82, 2.24) is 9.88 Å². The van der Waals surface area contributed by atoms with Crippen molar-refractivity contribution >= 4 is 28.4 Å². The Labute approximate surface area is 185 Å². The van der Waals surface area contributed by atoms with Crippen LogP contribution in [-0.2, 0) is 11.3 Å². The van der Waals surface area contributed by atoms with Gasteiger partial charge in [-0.2, -0.15) is 0 Å². The average Bonchev–Trinajstić information content (AvgIpc) is 2.82. The van der Waals surface area contributed by atoms with Crippen molar-refractivity contribution in [3.63, 3.8) is 0 Å². The number of hydrogen-bond acceptors (Lipinski definition) is 4. The van der Waals surface area contributed by atoms with Crippen LogP contribution in [0.4, 0.5) is 0 Å². The molecule has 0 saturated heterocycles. The van der Waals surface area contributed by atoms with Gasteiger partial charge in [-0.1, -0.05) is 72.3 Å². The van der Waals surface area contributed by atoms with Crippen LogP contribution in [0.1, 0.15) is 22.7 Å². The second-order valence-electron chi connectivity index (χ2n) is 7.22. The number of rotatable bonds is 6. The summed E-state index contributed by atoms with van der Waals surface area (Å²) in [6.45, 7) is 0.171. The van der Waals surface area contributed by atoms with Crippen LogP contribution in [0, 0.1) is 0 Å². The minimum absolute atomic E-state index is 0.00302. The normalized spacial score (nSPS) is 11.9. The summed E-state index contributed by atoms with van der Waals surface area (Å²) in [5.41, 5.74) is 8.47. The summed E-state index contributed by atoms with van der Waals surface area (Å²) in [5.74, 6) is -0.244. The zero-order valence-corrected chi connectivity index (χ0v) is 17.5. The van der Waals surface area contributed by atoms with Gasteiger partial charge in [0.05, 0.1) is 17.6 Å². The number of aromatic nitrogens is 1. The fourth-order valence-electron chi connectivity index (χ4n) is 3.80. The van der Waals surface area contributed by atoms with E-state index in [1.807, 2.05) is 60.7 Å². The van der Waals surface area contributed by atoms with Crippen molar-refractivity contribution in [2.24, 2.45) is 5.73 Å². The van der Waals surface area contributed by atoms with E-state index in [0.29, 0.717) is 28.0 Å². The summed E-state index contributed by atoms with van der Waals surface area (Å²) in [5, 5.41) is 12.3. The first kappa shape index (κ1) is 20.8. The lowest BCUT2D eigenvalue weighted by Crippen LogP contribution is -2.39.